The Balaban J connectivity index is 1.85. The molecule has 0 aromatic heterocycles. The summed E-state index contributed by atoms with van der Waals surface area (Å²) in [6.07, 6.45) is 2.50. The molecule has 0 aliphatic heterocycles. The number of hydrogen-bond donors (Lipinski definition) is 2. The summed E-state index contributed by atoms with van der Waals surface area (Å²) >= 11 is 5.78. The fraction of sp³-hybridized carbons (Fsp3) is 0.176. The lowest BCUT2D eigenvalue weighted by atomic mass is 10.2. The fourth-order valence-corrected chi connectivity index (χ4v) is 1.89. The number of carbonyl (C=O) groups is 1. The van der Waals surface area contributed by atoms with E-state index in [4.69, 9.17) is 16.3 Å². The van der Waals surface area contributed by atoms with E-state index in [1.165, 1.54) is 0 Å². The van der Waals surface area contributed by atoms with Crippen molar-refractivity contribution in [3.8, 4) is 5.75 Å². The van der Waals surface area contributed by atoms with Crippen LogP contribution in [0.1, 0.15) is 18.9 Å². The molecule has 5 nitrogen and oxygen atoms in total. The molecule has 2 aromatic rings. The monoisotopic (exact) mass is 331 g/mol. The van der Waals surface area contributed by atoms with E-state index in [0.717, 1.165) is 17.7 Å². The Morgan fingerprint density at radius 3 is 2.78 bits per heavy atom. The third-order valence-electron chi connectivity index (χ3n) is 2.81. The number of rotatable bonds is 6. The van der Waals surface area contributed by atoms with Crippen molar-refractivity contribution in [1.82, 2.24) is 5.43 Å². The standard InChI is InChI=1S/C17H18ClN3O2/c1-2-10-23-16-5-3-4-13(11-16)12-19-21-17(22)20-15-8-6-14(18)7-9-15/h3-9,11-12H,2,10H2,1H3,(H2,20,21,22)/b19-12-. The molecule has 0 saturated carbocycles. The number of anilines is 1. The minimum Gasteiger partial charge on any atom is -0.494 e. The second-order valence-corrected chi connectivity index (χ2v) is 5.19. The topological polar surface area (TPSA) is 62.7 Å². The third-order valence-corrected chi connectivity index (χ3v) is 3.06. The van der Waals surface area contributed by atoms with Gasteiger partial charge in [-0.05, 0) is 48.4 Å². The van der Waals surface area contributed by atoms with Crippen LogP contribution in [0.5, 0.6) is 5.75 Å². The second-order valence-electron chi connectivity index (χ2n) is 4.75. The van der Waals surface area contributed by atoms with Crippen molar-refractivity contribution >= 4 is 29.5 Å². The first kappa shape index (κ1) is 16.8. The van der Waals surface area contributed by atoms with Crippen molar-refractivity contribution in [3.63, 3.8) is 0 Å². The summed E-state index contributed by atoms with van der Waals surface area (Å²) < 4.78 is 5.54. The Labute approximate surface area is 140 Å². The van der Waals surface area contributed by atoms with Gasteiger partial charge in [-0.2, -0.15) is 5.10 Å². The minimum atomic E-state index is -0.429. The molecule has 2 amide bonds. The second kappa shape index (κ2) is 8.80. The van der Waals surface area contributed by atoms with Crippen molar-refractivity contribution in [2.45, 2.75) is 13.3 Å². The molecule has 0 fully saturated rings. The zero-order valence-electron chi connectivity index (χ0n) is 12.8. The van der Waals surface area contributed by atoms with Crippen molar-refractivity contribution in [2.75, 3.05) is 11.9 Å². The average Bonchev–Trinajstić information content (AvgIpc) is 2.55. The van der Waals surface area contributed by atoms with Gasteiger partial charge in [0.05, 0.1) is 12.8 Å². The van der Waals surface area contributed by atoms with Gasteiger partial charge in [-0.15, -0.1) is 0 Å². The molecule has 6 heteroatoms. The Bertz CT molecular complexity index is 672. The highest BCUT2D eigenvalue weighted by molar-refractivity contribution is 6.30. The van der Waals surface area contributed by atoms with Gasteiger partial charge in [0.15, 0.2) is 0 Å². The van der Waals surface area contributed by atoms with Gasteiger partial charge in [0, 0.05) is 10.7 Å². The van der Waals surface area contributed by atoms with Crippen LogP contribution in [-0.4, -0.2) is 18.9 Å². The lowest BCUT2D eigenvalue weighted by molar-refractivity contribution is 0.252. The van der Waals surface area contributed by atoms with Gasteiger partial charge in [-0.3, -0.25) is 0 Å². The summed E-state index contributed by atoms with van der Waals surface area (Å²) in [6, 6.07) is 13.9. The number of urea groups is 1. The van der Waals surface area contributed by atoms with Gasteiger partial charge in [-0.25, -0.2) is 10.2 Å². The van der Waals surface area contributed by atoms with E-state index in [1.54, 1.807) is 30.5 Å². The van der Waals surface area contributed by atoms with Crippen LogP contribution in [0.2, 0.25) is 5.02 Å². The number of nitrogens with zero attached hydrogens (tertiary/aromatic N) is 1. The number of nitrogens with one attached hydrogen (secondary N) is 2. The SMILES string of the molecule is CCCOc1cccc(/C=N\NC(=O)Nc2ccc(Cl)cc2)c1. The molecular weight excluding hydrogens is 314 g/mol. The summed E-state index contributed by atoms with van der Waals surface area (Å²) in [5.41, 5.74) is 3.88. The first-order valence-corrected chi connectivity index (χ1v) is 7.63. The number of benzene rings is 2. The van der Waals surface area contributed by atoms with Gasteiger partial charge >= 0.3 is 6.03 Å². The van der Waals surface area contributed by atoms with Crippen LogP contribution >= 0.6 is 11.6 Å². The molecule has 0 radical (unpaired) electrons. The Morgan fingerprint density at radius 2 is 2.04 bits per heavy atom. The lowest BCUT2D eigenvalue weighted by Gasteiger charge is -2.05. The van der Waals surface area contributed by atoms with Crippen LogP contribution in [0.3, 0.4) is 0 Å². The van der Waals surface area contributed by atoms with Crippen LogP contribution in [0.15, 0.2) is 53.6 Å². The highest BCUT2D eigenvalue weighted by atomic mass is 35.5. The number of amides is 2. The number of hydrazone groups is 1. The fourth-order valence-electron chi connectivity index (χ4n) is 1.76. The first-order chi connectivity index (χ1) is 11.2. The molecule has 0 spiro atoms. The van der Waals surface area contributed by atoms with E-state index in [2.05, 4.69) is 22.8 Å². The molecule has 0 heterocycles. The minimum absolute atomic E-state index is 0.429. The van der Waals surface area contributed by atoms with E-state index in [0.29, 0.717) is 17.3 Å². The lowest BCUT2D eigenvalue weighted by Crippen LogP contribution is -2.24. The van der Waals surface area contributed by atoms with Crippen molar-refractivity contribution < 1.29 is 9.53 Å². The quantitative estimate of drug-likeness (QED) is 0.613. The van der Waals surface area contributed by atoms with E-state index in [9.17, 15) is 4.79 Å². The van der Waals surface area contributed by atoms with E-state index >= 15 is 0 Å². The highest BCUT2D eigenvalue weighted by Gasteiger charge is 1.99. The van der Waals surface area contributed by atoms with Crippen molar-refractivity contribution in [3.05, 3.63) is 59.1 Å². The molecule has 2 aromatic carbocycles. The molecule has 0 atom stereocenters. The molecule has 0 bridgehead atoms. The Kier molecular flexibility index (Phi) is 6.44. The molecule has 2 rings (SSSR count). The summed E-state index contributed by atoms with van der Waals surface area (Å²) in [4.78, 5) is 11.7. The summed E-state index contributed by atoms with van der Waals surface area (Å²) in [5, 5.41) is 7.17. The zero-order valence-corrected chi connectivity index (χ0v) is 13.5. The maximum Gasteiger partial charge on any atom is 0.339 e. The van der Waals surface area contributed by atoms with Crippen molar-refractivity contribution in [2.24, 2.45) is 5.10 Å². The Hall–Kier alpha value is -2.53. The van der Waals surface area contributed by atoms with Crippen LogP contribution in [-0.2, 0) is 0 Å². The molecule has 0 unspecified atom stereocenters. The van der Waals surface area contributed by atoms with Gasteiger partial charge in [0.25, 0.3) is 0 Å². The number of ether oxygens (including phenoxy) is 1. The van der Waals surface area contributed by atoms with Crippen LogP contribution in [0, 0.1) is 0 Å². The number of carbonyl (C=O) groups excluding carboxylic acids is 1. The predicted molar refractivity (Wildman–Crippen MR) is 93.4 cm³/mol. The van der Waals surface area contributed by atoms with Crippen LogP contribution in [0.4, 0.5) is 10.5 Å². The Morgan fingerprint density at radius 1 is 1.26 bits per heavy atom. The molecule has 0 aliphatic rings. The maximum atomic E-state index is 11.7. The van der Waals surface area contributed by atoms with Gasteiger partial charge in [0.1, 0.15) is 5.75 Å². The van der Waals surface area contributed by atoms with Crippen LogP contribution in [0.25, 0.3) is 0 Å². The normalized spacial score (nSPS) is 10.5. The van der Waals surface area contributed by atoms with Gasteiger partial charge < -0.3 is 10.1 Å². The van der Waals surface area contributed by atoms with Gasteiger partial charge in [-0.1, -0.05) is 30.7 Å². The molecule has 2 N–H and O–H groups in total. The summed E-state index contributed by atoms with van der Waals surface area (Å²) in [6.45, 7) is 2.72. The largest absolute Gasteiger partial charge is 0.494 e. The number of halogens is 1. The summed E-state index contributed by atoms with van der Waals surface area (Å²) in [5.74, 6) is 0.779. The van der Waals surface area contributed by atoms with E-state index in [-0.39, 0.29) is 0 Å². The predicted octanol–water partition coefficient (Wildman–Crippen LogP) is 4.28. The average molecular weight is 332 g/mol. The van der Waals surface area contributed by atoms with Gasteiger partial charge in [0.2, 0.25) is 0 Å². The third kappa shape index (κ3) is 6.00. The smallest absolute Gasteiger partial charge is 0.339 e. The highest BCUT2D eigenvalue weighted by Crippen LogP contribution is 2.13. The van der Waals surface area contributed by atoms with E-state index < -0.39 is 6.03 Å². The summed E-state index contributed by atoms with van der Waals surface area (Å²) in [7, 11) is 0. The molecule has 120 valence electrons. The molecule has 0 aliphatic carbocycles. The van der Waals surface area contributed by atoms with Crippen molar-refractivity contribution in [1.29, 1.82) is 0 Å². The maximum absolute atomic E-state index is 11.7. The molecular formula is C17H18ClN3O2. The number of hydrogen-bond acceptors (Lipinski definition) is 3. The van der Waals surface area contributed by atoms with E-state index in [1.807, 2.05) is 24.3 Å². The first-order valence-electron chi connectivity index (χ1n) is 7.26. The van der Waals surface area contributed by atoms with Crippen LogP contribution < -0.4 is 15.5 Å². The zero-order chi connectivity index (χ0) is 16.5. The molecule has 0 saturated heterocycles. The molecule has 23 heavy (non-hydrogen) atoms.